The van der Waals surface area contributed by atoms with Crippen LogP contribution in [0.15, 0.2) is 10.7 Å². The lowest BCUT2D eigenvalue weighted by molar-refractivity contribution is 0.465. The van der Waals surface area contributed by atoms with Crippen molar-refractivity contribution in [1.82, 2.24) is 4.98 Å². The summed E-state index contributed by atoms with van der Waals surface area (Å²) in [7, 11) is 0. The molecule has 0 unspecified atom stereocenters. The van der Waals surface area contributed by atoms with Crippen LogP contribution in [0.1, 0.15) is 58.5 Å². The highest BCUT2D eigenvalue weighted by atomic mass is 16.3. The van der Waals surface area contributed by atoms with E-state index >= 15 is 0 Å². The molecule has 1 aromatic heterocycles. The lowest BCUT2D eigenvalue weighted by atomic mass is 9.87. The average Bonchev–Trinajstić information content (AvgIpc) is 2.52. The molecule has 0 radical (unpaired) electrons. The zero-order valence-electron chi connectivity index (χ0n) is 9.22. The number of hydrogen-bond donors (Lipinski definition) is 0. The standard InChI is InChI=1S/C11H19NO/c1-6-11(4,5)9-7-13-10(12-9)8(2)3/h7-8H,6H2,1-5H3. The second kappa shape index (κ2) is 3.52. The molecule has 1 heterocycles. The summed E-state index contributed by atoms with van der Waals surface area (Å²) >= 11 is 0. The van der Waals surface area contributed by atoms with Crippen molar-refractivity contribution in [3.05, 3.63) is 17.8 Å². The molecule has 0 N–H and O–H groups in total. The van der Waals surface area contributed by atoms with Gasteiger partial charge < -0.3 is 4.42 Å². The van der Waals surface area contributed by atoms with Gasteiger partial charge in [0.05, 0.1) is 5.69 Å². The van der Waals surface area contributed by atoms with Gasteiger partial charge in [0.15, 0.2) is 5.89 Å². The third kappa shape index (κ3) is 2.11. The topological polar surface area (TPSA) is 26.0 Å². The van der Waals surface area contributed by atoms with Gasteiger partial charge in [-0.1, -0.05) is 34.6 Å². The average molecular weight is 181 g/mol. The molecule has 0 saturated carbocycles. The molecule has 0 atom stereocenters. The van der Waals surface area contributed by atoms with E-state index in [0.717, 1.165) is 18.0 Å². The predicted octanol–water partition coefficient (Wildman–Crippen LogP) is 3.49. The molecule has 0 bridgehead atoms. The van der Waals surface area contributed by atoms with E-state index in [1.165, 1.54) is 0 Å². The Bertz CT molecular complexity index is 273. The van der Waals surface area contributed by atoms with Gasteiger partial charge in [0.2, 0.25) is 0 Å². The molecule has 2 heteroatoms. The van der Waals surface area contributed by atoms with Crippen LogP contribution in [0.4, 0.5) is 0 Å². The summed E-state index contributed by atoms with van der Waals surface area (Å²) in [6.45, 7) is 10.7. The molecule has 0 aliphatic rings. The first-order valence-corrected chi connectivity index (χ1v) is 4.93. The molecule has 1 aromatic rings. The maximum atomic E-state index is 5.40. The predicted molar refractivity (Wildman–Crippen MR) is 53.9 cm³/mol. The van der Waals surface area contributed by atoms with E-state index in [1.807, 2.05) is 0 Å². The van der Waals surface area contributed by atoms with Crippen molar-refractivity contribution in [3.63, 3.8) is 0 Å². The van der Waals surface area contributed by atoms with E-state index in [4.69, 9.17) is 4.42 Å². The fourth-order valence-corrected chi connectivity index (χ4v) is 1.04. The highest BCUT2D eigenvalue weighted by Crippen LogP contribution is 2.27. The van der Waals surface area contributed by atoms with Gasteiger partial charge in [-0.15, -0.1) is 0 Å². The lowest BCUT2D eigenvalue weighted by Gasteiger charge is -2.18. The van der Waals surface area contributed by atoms with Crippen LogP contribution in [0.25, 0.3) is 0 Å². The van der Waals surface area contributed by atoms with Gasteiger partial charge in [-0.05, 0) is 6.42 Å². The quantitative estimate of drug-likeness (QED) is 0.713. The monoisotopic (exact) mass is 181 g/mol. The molecule has 0 aromatic carbocycles. The van der Waals surface area contributed by atoms with E-state index in [0.29, 0.717) is 5.92 Å². The molecule has 13 heavy (non-hydrogen) atoms. The molecule has 0 spiro atoms. The van der Waals surface area contributed by atoms with Gasteiger partial charge in [-0.2, -0.15) is 0 Å². The molecule has 0 amide bonds. The Balaban J connectivity index is 2.91. The molecule has 0 fully saturated rings. The number of oxazole rings is 1. The van der Waals surface area contributed by atoms with Crippen molar-refractivity contribution in [2.75, 3.05) is 0 Å². The Hall–Kier alpha value is -0.790. The van der Waals surface area contributed by atoms with Crippen LogP contribution in [0.2, 0.25) is 0 Å². The zero-order chi connectivity index (χ0) is 10.1. The fraction of sp³-hybridized carbons (Fsp3) is 0.727. The molecule has 0 aliphatic heterocycles. The first-order chi connectivity index (χ1) is 5.97. The maximum Gasteiger partial charge on any atom is 0.196 e. The summed E-state index contributed by atoms with van der Waals surface area (Å²) in [5, 5.41) is 0. The van der Waals surface area contributed by atoms with Crippen LogP contribution >= 0.6 is 0 Å². The number of rotatable bonds is 3. The summed E-state index contributed by atoms with van der Waals surface area (Å²) in [5.74, 6) is 1.22. The first-order valence-electron chi connectivity index (χ1n) is 4.93. The maximum absolute atomic E-state index is 5.40. The van der Waals surface area contributed by atoms with E-state index in [-0.39, 0.29) is 5.41 Å². The Kier molecular flexibility index (Phi) is 2.79. The number of hydrogen-bond acceptors (Lipinski definition) is 2. The third-order valence-corrected chi connectivity index (χ3v) is 2.59. The number of aromatic nitrogens is 1. The van der Waals surface area contributed by atoms with E-state index < -0.39 is 0 Å². The summed E-state index contributed by atoms with van der Waals surface area (Å²) in [6.07, 6.45) is 2.87. The highest BCUT2D eigenvalue weighted by Gasteiger charge is 2.22. The van der Waals surface area contributed by atoms with E-state index in [1.54, 1.807) is 6.26 Å². The Labute approximate surface area is 80.4 Å². The van der Waals surface area contributed by atoms with Gasteiger partial charge in [-0.25, -0.2) is 4.98 Å². The minimum atomic E-state index is 0.136. The van der Waals surface area contributed by atoms with Crippen LogP contribution in [0.3, 0.4) is 0 Å². The van der Waals surface area contributed by atoms with E-state index in [2.05, 4.69) is 39.6 Å². The van der Waals surface area contributed by atoms with Crippen molar-refractivity contribution < 1.29 is 4.42 Å². The minimum Gasteiger partial charge on any atom is -0.448 e. The van der Waals surface area contributed by atoms with Crippen LogP contribution in [-0.2, 0) is 5.41 Å². The fourth-order valence-electron chi connectivity index (χ4n) is 1.04. The molecular formula is C11H19NO. The SMILES string of the molecule is CCC(C)(C)c1coc(C(C)C)n1. The Morgan fingerprint density at radius 3 is 2.46 bits per heavy atom. The smallest absolute Gasteiger partial charge is 0.196 e. The summed E-state index contributed by atoms with van der Waals surface area (Å²) in [5.41, 5.74) is 1.20. The summed E-state index contributed by atoms with van der Waals surface area (Å²) < 4.78 is 5.40. The van der Waals surface area contributed by atoms with Crippen molar-refractivity contribution >= 4 is 0 Å². The summed E-state index contributed by atoms with van der Waals surface area (Å²) in [4.78, 5) is 4.49. The normalized spacial score (nSPS) is 12.5. The molecule has 2 nitrogen and oxygen atoms in total. The van der Waals surface area contributed by atoms with Gasteiger partial charge in [0, 0.05) is 11.3 Å². The van der Waals surface area contributed by atoms with Crippen molar-refractivity contribution in [1.29, 1.82) is 0 Å². The van der Waals surface area contributed by atoms with Crippen LogP contribution in [0.5, 0.6) is 0 Å². The Morgan fingerprint density at radius 2 is 2.08 bits per heavy atom. The Morgan fingerprint density at radius 1 is 1.46 bits per heavy atom. The van der Waals surface area contributed by atoms with Crippen LogP contribution in [0, 0.1) is 0 Å². The van der Waals surface area contributed by atoms with Gasteiger partial charge in [0.1, 0.15) is 6.26 Å². The van der Waals surface area contributed by atoms with E-state index in [9.17, 15) is 0 Å². The lowest BCUT2D eigenvalue weighted by Crippen LogP contribution is -2.15. The van der Waals surface area contributed by atoms with Crippen LogP contribution < -0.4 is 0 Å². The van der Waals surface area contributed by atoms with Gasteiger partial charge in [0.25, 0.3) is 0 Å². The largest absolute Gasteiger partial charge is 0.448 e. The third-order valence-electron chi connectivity index (χ3n) is 2.59. The minimum absolute atomic E-state index is 0.136. The van der Waals surface area contributed by atoms with Gasteiger partial charge >= 0.3 is 0 Å². The molecule has 1 rings (SSSR count). The molecule has 0 aliphatic carbocycles. The van der Waals surface area contributed by atoms with Gasteiger partial charge in [-0.3, -0.25) is 0 Å². The second-order valence-electron chi connectivity index (χ2n) is 4.46. The van der Waals surface area contributed by atoms with Crippen molar-refractivity contribution in [2.24, 2.45) is 0 Å². The molecule has 74 valence electrons. The second-order valence-corrected chi connectivity index (χ2v) is 4.46. The first kappa shape index (κ1) is 10.3. The zero-order valence-corrected chi connectivity index (χ0v) is 9.22. The number of nitrogens with zero attached hydrogens (tertiary/aromatic N) is 1. The highest BCUT2D eigenvalue weighted by molar-refractivity contribution is 5.10. The van der Waals surface area contributed by atoms with Crippen LogP contribution in [-0.4, -0.2) is 4.98 Å². The van der Waals surface area contributed by atoms with Crippen molar-refractivity contribution in [3.8, 4) is 0 Å². The van der Waals surface area contributed by atoms with Crippen molar-refractivity contribution in [2.45, 2.75) is 52.4 Å². The molecule has 0 saturated heterocycles. The summed E-state index contributed by atoms with van der Waals surface area (Å²) in [6, 6.07) is 0. The molecular weight excluding hydrogens is 162 g/mol.